The predicted octanol–water partition coefficient (Wildman–Crippen LogP) is 5.81. The number of nitrogens with zero attached hydrogens (tertiary/aromatic N) is 7. The minimum Gasteiger partial charge on any atom is -0.264 e. The van der Waals surface area contributed by atoms with Crippen molar-refractivity contribution in [1.29, 1.82) is 0 Å². The molecule has 0 amide bonds. The molecule has 188 valence electrons. The Hall–Kier alpha value is -3.42. The summed E-state index contributed by atoms with van der Waals surface area (Å²) in [6.45, 7) is 3.19. The number of nitrogens with one attached hydrogen (secondary N) is 1. The molecule has 1 saturated carbocycles. The Morgan fingerprint density at radius 1 is 1.00 bits per heavy atom. The van der Waals surface area contributed by atoms with Gasteiger partial charge in [-0.2, -0.15) is 10.3 Å². The van der Waals surface area contributed by atoms with Gasteiger partial charge in [-0.25, -0.2) is 9.67 Å². The van der Waals surface area contributed by atoms with E-state index < -0.39 is 0 Å². The number of aromatic nitrogens is 8. The topological polar surface area (TPSA) is 98.1 Å². The van der Waals surface area contributed by atoms with E-state index in [9.17, 15) is 0 Å². The molecule has 0 saturated heterocycles. The molecule has 0 atom stereocenters. The highest BCUT2D eigenvalue weighted by Gasteiger charge is 2.17. The zero-order valence-electron chi connectivity index (χ0n) is 21.2. The standard InChI is InChI=1S/C28H36N8/c1-2-3-7-18-36-27(30-26(33-36)15-12-21-8-5-4-6-9-21)19-22-10-13-23(14-11-22)25-20-29-17-16-24(25)28-31-34-35-32-28/h10-11,13-14,16-17,20-21H,2-9,12,15,18-19H2,1H3,(H,31,32,34,35). The van der Waals surface area contributed by atoms with Crippen molar-refractivity contribution in [1.82, 2.24) is 40.4 Å². The van der Waals surface area contributed by atoms with Crippen molar-refractivity contribution < 1.29 is 0 Å². The first-order valence-electron chi connectivity index (χ1n) is 13.5. The molecule has 8 heteroatoms. The summed E-state index contributed by atoms with van der Waals surface area (Å²) in [5, 5.41) is 19.5. The second kappa shape index (κ2) is 12.0. The summed E-state index contributed by atoms with van der Waals surface area (Å²) in [6.07, 6.45) is 17.1. The molecule has 8 nitrogen and oxygen atoms in total. The van der Waals surface area contributed by atoms with Crippen molar-refractivity contribution in [2.24, 2.45) is 5.92 Å². The van der Waals surface area contributed by atoms with Crippen LogP contribution >= 0.6 is 0 Å². The number of rotatable bonds is 11. The van der Waals surface area contributed by atoms with Gasteiger partial charge in [-0.1, -0.05) is 76.1 Å². The fraction of sp³-hybridized carbons (Fsp3) is 0.500. The summed E-state index contributed by atoms with van der Waals surface area (Å²) in [7, 11) is 0. The van der Waals surface area contributed by atoms with Gasteiger partial charge in [0.2, 0.25) is 5.82 Å². The van der Waals surface area contributed by atoms with Crippen LogP contribution in [0.15, 0.2) is 42.7 Å². The Balaban J connectivity index is 1.31. The van der Waals surface area contributed by atoms with Gasteiger partial charge in [-0.15, -0.1) is 10.2 Å². The van der Waals surface area contributed by atoms with E-state index in [4.69, 9.17) is 10.1 Å². The quantitative estimate of drug-likeness (QED) is 0.270. The summed E-state index contributed by atoms with van der Waals surface area (Å²) >= 11 is 0. The van der Waals surface area contributed by atoms with Crippen molar-refractivity contribution in [2.45, 2.75) is 84.1 Å². The lowest BCUT2D eigenvalue weighted by atomic mass is 9.86. The Morgan fingerprint density at radius 3 is 2.64 bits per heavy atom. The van der Waals surface area contributed by atoms with Gasteiger partial charge in [-0.3, -0.25) is 4.98 Å². The van der Waals surface area contributed by atoms with Gasteiger partial charge in [-0.05, 0) is 41.2 Å². The number of tetrazole rings is 1. The van der Waals surface area contributed by atoms with Crippen LogP contribution in [0.2, 0.25) is 0 Å². The molecule has 0 bridgehead atoms. The molecule has 0 spiro atoms. The Labute approximate surface area is 213 Å². The molecular weight excluding hydrogens is 448 g/mol. The summed E-state index contributed by atoms with van der Waals surface area (Å²) in [6, 6.07) is 10.5. The second-order valence-electron chi connectivity index (χ2n) is 9.95. The third-order valence-corrected chi connectivity index (χ3v) is 7.30. The number of unbranched alkanes of at least 4 members (excludes halogenated alkanes) is 2. The van der Waals surface area contributed by atoms with E-state index in [1.54, 1.807) is 6.20 Å². The Morgan fingerprint density at radius 2 is 1.86 bits per heavy atom. The third-order valence-electron chi connectivity index (χ3n) is 7.30. The fourth-order valence-electron chi connectivity index (χ4n) is 5.24. The van der Waals surface area contributed by atoms with Crippen LogP contribution in [0.4, 0.5) is 0 Å². The molecule has 1 fully saturated rings. The number of aromatic amines is 1. The predicted molar refractivity (Wildman–Crippen MR) is 140 cm³/mol. The van der Waals surface area contributed by atoms with Crippen LogP contribution < -0.4 is 0 Å². The van der Waals surface area contributed by atoms with Crippen LogP contribution in [0.1, 0.15) is 81.9 Å². The molecule has 5 rings (SSSR count). The van der Waals surface area contributed by atoms with Gasteiger partial charge in [0.1, 0.15) is 5.82 Å². The number of hydrogen-bond acceptors (Lipinski definition) is 6. The highest BCUT2D eigenvalue weighted by Crippen LogP contribution is 2.30. The largest absolute Gasteiger partial charge is 0.264 e. The monoisotopic (exact) mass is 484 g/mol. The molecule has 1 aliphatic carbocycles. The molecule has 1 aliphatic rings. The van der Waals surface area contributed by atoms with Gasteiger partial charge >= 0.3 is 0 Å². The van der Waals surface area contributed by atoms with E-state index in [1.807, 2.05) is 12.3 Å². The van der Waals surface area contributed by atoms with Crippen molar-refractivity contribution in [3.8, 4) is 22.5 Å². The average Bonchev–Trinajstić information content (AvgIpc) is 3.59. The molecular formula is C28H36N8. The van der Waals surface area contributed by atoms with E-state index in [2.05, 4.69) is 61.5 Å². The Bertz CT molecular complexity index is 1210. The summed E-state index contributed by atoms with van der Waals surface area (Å²) < 4.78 is 2.16. The van der Waals surface area contributed by atoms with Crippen molar-refractivity contribution in [3.05, 3.63) is 59.9 Å². The number of hydrogen-bond donors (Lipinski definition) is 1. The summed E-state index contributed by atoms with van der Waals surface area (Å²) in [4.78, 5) is 9.33. The van der Waals surface area contributed by atoms with E-state index >= 15 is 0 Å². The highest BCUT2D eigenvalue weighted by atomic mass is 15.5. The summed E-state index contributed by atoms with van der Waals surface area (Å²) in [5.74, 6) is 3.51. The first kappa shape index (κ1) is 24.3. The van der Waals surface area contributed by atoms with Gasteiger partial charge < -0.3 is 0 Å². The highest BCUT2D eigenvalue weighted by molar-refractivity contribution is 5.79. The van der Waals surface area contributed by atoms with Crippen LogP contribution in [0.5, 0.6) is 0 Å². The van der Waals surface area contributed by atoms with Gasteiger partial charge in [0.25, 0.3) is 0 Å². The first-order chi connectivity index (χ1) is 17.8. The zero-order valence-corrected chi connectivity index (χ0v) is 21.2. The minimum absolute atomic E-state index is 0.567. The molecule has 1 N–H and O–H groups in total. The molecule has 0 unspecified atom stereocenters. The normalized spacial score (nSPS) is 14.4. The van der Waals surface area contributed by atoms with Crippen LogP contribution in [-0.2, 0) is 19.4 Å². The SMILES string of the molecule is CCCCCn1nc(CCC2CCCCC2)nc1Cc1ccc(-c2cnccc2-c2nn[nH]n2)cc1. The molecule has 4 aromatic rings. The van der Waals surface area contributed by atoms with Crippen molar-refractivity contribution in [2.75, 3.05) is 0 Å². The smallest absolute Gasteiger partial charge is 0.205 e. The zero-order chi connectivity index (χ0) is 24.6. The average molecular weight is 485 g/mol. The molecule has 0 radical (unpaired) electrons. The molecule has 3 heterocycles. The maximum atomic E-state index is 5.01. The molecule has 36 heavy (non-hydrogen) atoms. The lowest BCUT2D eigenvalue weighted by Gasteiger charge is -2.20. The first-order valence-corrected chi connectivity index (χ1v) is 13.5. The Kier molecular flexibility index (Phi) is 8.10. The minimum atomic E-state index is 0.567. The van der Waals surface area contributed by atoms with E-state index in [0.717, 1.165) is 60.1 Å². The lowest BCUT2D eigenvalue weighted by molar-refractivity contribution is 0.337. The van der Waals surface area contributed by atoms with Gasteiger partial charge in [0.15, 0.2) is 5.82 Å². The van der Waals surface area contributed by atoms with Crippen LogP contribution in [-0.4, -0.2) is 40.4 Å². The number of H-pyrrole nitrogens is 1. The number of pyridine rings is 1. The molecule has 0 aliphatic heterocycles. The van der Waals surface area contributed by atoms with Gasteiger partial charge in [0, 0.05) is 42.9 Å². The van der Waals surface area contributed by atoms with Crippen LogP contribution in [0.3, 0.4) is 0 Å². The lowest BCUT2D eigenvalue weighted by Crippen LogP contribution is -2.08. The third kappa shape index (κ3) is 6.04. The van der Waals surface area contributed by atoms with Crippen molar-refractivity contribution in [3.63, 3.8) is 0 Å². The molecule has 3 aromatic heterocycles. The fourth-order valence-corrected chi connectivity index (χ4v) is 5.24. The number of aryl methyl sites for hydroxylation is 2. The van der Waals surface area contributed by atoms with E-state index in [0.29, 0.717) is 5.82 Å². The maximum absolute atomic E-state index is 5.01. The van der Waals surface area contributed by atoms with Crippen LogP contribution in [0.25, 0.3) is 22.5 Å². The van der Waals surface area contributed by atoms with Gasteiger partial charge in [0.05, 0.1) is 0 Å². The van der Waals surface area contributed by atoms with Crippen LogP contribution in [0, 0.1) is 5.92 Å². The molecule has 1 aromatic carbocycles. The van der Waals surface area contributed by atoms with Crippen molar-refractivity contribution >= 4 is 0 Å². The van der Waals surface area contributed by atoms with E-state index in [1.165, 1.54) is 56.9 Å². The maximum Gasteiger partial charge on any atom is 0.205 e. The number of benzene rings is 1. The second-order valence-corrected chi connectivity index (χ2v) is 9.95. The summed E-state index contributed by atoms with van der Waals surface area (Å²) in [5.41, 5.74) is 4.19. The van der Waals surface area contributed by atoms with E-state index in [-0.39, 0.29) is 0 Å².